The second-order valence-electron chi connectivity index (χ2n) is 3.49. The molecule has 2 aromatic rings. The number of ether oxygens (including phenoxy) is 1. The molecule has 0 fully saturated rings. The number of rotatable bonds is 4. The van der Waals surface area contributed by atoms with Crippen molar-refractivity contribution in [1.29, 1.82) is 0 Å². The number of methoxy groups -OCH3 is 1. The van der Waals surface area contributed by atoms with Gasteiger partial charge in [-0.25, -0.2) is 9.37 Å². The lowest BCUT2D eigenvalue weighted by molar-refractivity contribution is 0.183. The molecule has 0 atom stereocenters. The Morgan fingerprint density at radius 3 is 3.00 bits per heavy atom. The molecule has 0 radical (unpaired) electrons. The maximum atomic E-state index is 13.6. The van der Waals surface area contributed by atoms with E-state index in [0.717, 1.165) is 0 Å². The maximum Gasteiger partial charge on any atom is 0.184 e. The van der Waals surface area contributed by atoms with Crippen LogP contribution in [0.3, 0.4) is 0 Å². The highest BCUT2D eigenvalue weighted by atomic mass is 32.1. The van der Waals surface area contributed by atoms with Crippen LogP contribution in [0.4, 0.5) is 4.39 Å². The molecule has 0 amide bonds. The summed E-state index contributed by atoms with van der Waals surface area (Å²) in [5.74, 6) is -0.00562. The molecule has 0 spiro atoms. The molecule has 0 aliphatic rings. The minimum atomic E-state index is -0.373. The summed E-state index contributed by atoms with van der Waals surface area (Å²) < 4.78 is 20.2. The first kappa shape index (κ1) is 12.1. The van der Waals surface area contributed by atoms with Crippen molar-refractivity contribution in [2.75, 3.05) is 13.7 Å². The Bertz CT molecular complexity index is 515. The van der Waals surface area contributed by atoms with E-state index in [0.29, 0.717) is 29.4 Å². The van der Waals surface area contributed by atoms with Crippen LogP contribution in [0.5, 0.6) is 0 Å². The van der Waals surface area contributed by atoms with Gasteiger partial charge >= 0.3 is 0 Å². The van der Waals surface area contributed by atoms with Gasteiger partial charge in [-0.15, -0.1) is 12.6 Å². The molecule has 0 bridgehead atoms. The van der Waals surface area contributed by atoms with Gasteiger partial charge in [0.05, 0.1) is 18.7 Å². The zero-order valence-electron chi connectivity index (χ0n) is 9.30. The molecule has 0 saturated carbocycles. The molecule has 0 aliphatic heterocycles. The highest BCUT2D eigenvalue weighted by molar-refractivity contribution is 7.80. The number of benzene rings is 1. The molecule has 1 heterocycles. The van der Waals surface area contributed by atoms with E-state index in [9.17, 15) is 4.39 Å². The smallest absolute Gasteiger partial charge is 0.184 e. The second-order valence-corrected chi connectivity index (χ2v) is 4.00. The van der Waals surface area contributed by atoms with Crippen LogP contribution in [0.2, 0.25) is 0 Å². The van der Waals surface area contributed by atoms with E-state index < -0.39 is 0 Å². The third kappa shape index (κ3) is 2.83. The lowest BCUT2D eigenvalue weighted by Gasteiger charge is -2.00. The Morgan fingerprint density at radius 2 is 2.29 bits per heavy atom. The van der Waals surface area contributed by atoms with Crippen LogP contribution in [-0.4, -0.2) is 28.5 Å². The van der Waals surface area contributed by atoms with Gasteiger partial charge in [-0.1, -0.05) is 0 Å². The minimum absolute atomic E-state index is 0.368. The summed E-state index contributed by atoms with van der Waals surface area (Å²) in [7, 11) is 1.61. The summed E-state index contributed by atoms with van der Waals surface area (Å²) in [6.45, 7) is 1.14. The quantitative estimate of drug-likeness (QED) is 0.847. The van der Waals surface area contributed by atoms with Crippen LogP contribution in [0.1, 0.15) is 0 Å². The monoisotopic (exact) mass is 253 g/mol. The van der Waals surface area contributed by atoms with Gasteiger partial charge in [-0.3, -0.25) is 4.68 Å². The molecule has 1 aromatic carbocycles. The van der Waals surface area contributed by atoms with E-state index in [-0.39, 0.29) is 5.82 Å². The van der Waals surface area contributed by atoms with Crippen molar-refractivity contribution >= 4 is 12.6 Å². The molecule has 1 aromatic heterocycles. The van der Waals surface area contributed by atoms with Crippen molar-refractivity contribution in [3.63, 3.8) is 0 Å². The average molecular weight is 253 g/mol. The third-order valence-electron chi connectivity index (χ3n) is 2.25. The van der Waals surface area contributed by atoms with Gasteiger partial charge in [0.25, 0.3) is 0 Å². The van der Waals surface area contributed by atoms with Gasteiger partial charge < -0.3 is 4.74 Å². The third-order valence-corrected chi connectivity index (χ3v) is 2.53. The maximum absolute atomic E-state index is 13.6. The van der Waals surface area contributed by atoms with Gasteiger partial charge in [0.2, 0.25) is 0 Å². The van der Waals surface area contributed by atoms with E-state index in [1.165, 1.54) is 6.07 Å². The summed E-state index contributed by atoms with van der Waals surface area (Å²) in [6, 6.07) is 4.67. The predicted molar refractivity (Wildman–Crippen MR) is 64.5 cm³/mol. The average Bonchev–Trinajstić information content (AvgIpc) is 2.75. The first-order chi connectivity index (χ1) is 8.20. The van der Waals surface area contributed by atoms with Gasteiger partial charge in [0, 0.05) is 12.0 Å². The van der Waals surface area contributed by atoms with Crippen molar-refractivity contribution in [2.45, 2.75) is 11.4 Å². The van der Waals surface area contributed by atoms with Crippen LogP contribution in [-0.2, 0) is 11.3 Å². The zero-order valence-corrected chi connectivity index (χ0v) is 10.2. The Balaban J connectivity index is 2.24. The summed E-state index contributed by atoms with van der Waals surface area (Å²) in [6.07, 6.45) is 1.56. The van der Waals surface area contributed by atoms with Crippen molar-refractivity contribution in [3.05, 3.63) is 30.3 Å². The zero-order chi connectivity index (χ0) is 12.3. The number of hydrogen-bond donors (Lipinski definition) is 1. The van der Waals surface area contributed by atoms with Crippen molar-refractivity contribution < 1.29 is 9.13 Å². The first-order valence-electron chi connectivity index (χ1n) is 5.08. The summed E-state index contributed by atoms with van der Waals surface area (Å²) in [5.41, 5.74) is 0.374. The lowest BCUT2D eigenvalue weighted by atomic mass is 10.2. The van der Waals surface area contributed by atoms with Crippen LogP contribution in [0.15, 0.2) is 29.4 Å². The molecular formula is C11H12FN3OS. The highest BCUT2D eigenvalue weighted by Crippen LogP contribution is 2.21. The Kier molecular flexibility index (Phi) is 3.75. The number of halogens is 1. The fourth-order valence-corrected chi connectivity index (χ4v) is 1.58. The Hall–Kier alpha value is -1.40. The molecule has 0 N–H and O–H groups in total. The van der Waals surface area contributed by atoms with Gasteiger partial charge in [0.1, 0.15) is 12.1 Å². The molecule has 6 heteroatoms. The largest absolute Gasteiger partial charge is 0.383 e. The van der Waals surface area contributed by atoms with E-state index in [2.05, 4.69) is 22.7 Å². The second kappa shape index (κ2) is 5.29. The van der Waals surface area contributed by atoms with Crippen LogP contribution in [0.25, 0.3) is 11.4 Å². The van der Waals surface area contributed by atoms with E-state index in [1.54, 1.807) is 30.3 Å². The van der Waals surface area contributed by atoms with Crippen molar-refractivity contribution in [1.82, 2.24) is 14.8 Å². The fraction of sp³-hybridized carbons (Fsp3) is 0.273. The van der Waals surface area contributed by atoms with Crippen LogP contribution >= 0.6 is 12.6 Å². The molecule has 2 rings (SSSR count). The normalized spacial score (nSPS) is 10.8. The SMILES string of the molecule is COCCn1cnc(-c2ccc(S)cc2F)n1. The van der Waals surface area contributed by atoms with Crippen molar-refractivity contribution in [3.8, 4) is 11.4 Å². The number of nitrogens with zero attached hydrogens (tertiary/aromatic N) is 3. The molecule has 17 heavy (non-hydrogen) atoms. The highest BCUT2D eigenvalue weighted by Gasteiger charge is 2.09. The number of hydrogen-bond acceptors (Lipinski definition) is 4. The molecule has 0 saturated heterocycles. The molecule has 0 unspecified atom stereocenters. The Morgan fingerprint density at radius 1 is 1.47 bits per heavy atom. The molecular weight excluding hydrogens is 241 g/mol. The summed E-state index contributed by atoms with van der Waals surface area (Å²) in [5, 5.41) is 4.17. The van der Waals surface area contributed by atoms with E-state index in [4.69, 9.17) is 4.74 Å². The topological polar surface area (TPSA) is 39.9 Å². The van der Waals surface area contributed by atoms with Gasteiger partial charge in [-0.05, 0) is 18.2 Å². The summed E-state index contributed by atoms with van der Waals surface area (Å²) >= 11 is 4.06. The van der Waals surface area contributed by atoms with Crippen molar-refractivity contribution in [2.24, 2.45) is 0 Å². The Labute approximate surface area is 104 Å². The van der Waals surface area contributed by atoms with Crippen LogP contribution in [0, 0.1) is 5.82 Å². The number of thiol groups is 1. The number of aromatic nitrogens is 3. The van der Waals surface area contributed by atoms with Gasteiger partial charge in [-0.2, -0.15) is 5.10 Å². The molecule has 0 aliphatic carbocycles. The first-order valence-corrected chi connectivity index (χ1v) is 5.52. The van der Waals surface area contributed by atoms with Crippen LogP contribution < -0.4 is 0 Å². The molecule has 4 nitrogen and oxygen atoms in total. The van der Waals surface area contributed by atoms with E-state index >= 15 is 0 Å². The fourth-order valence-electron chi connectivity index (χ4n) is 1.40. The molecule has 90 valence electrons. The van der Waals surface area contributed by atoms with Gasteiger partial charge in [0.15, 0.2) is 5.82 Å². The lowest BCUT2D eigenvalue weighted by Crippen LogP contribution is -2.04. The van der Waals surface area contributed by atoms with E-state index in [1.807, 2.05) is 0 Å². The standard InChI is InChI=1S/C11H12FN3OS/c1-16-5-4-15-7-13-11(14-15)9-3-2-8(17)6-10(9)12/h2-3,6-7,17H,4-5H2,1H3. The predicted octanol–water partition coefficient (Wildman–Crippen LogP) is 2.02. The minimum Gasteiger partial charge on any atom is -0.383 e. The summed E-state index contributed by atoms with van der Waals surface area (Å²) in [4.78, 5) is 4.64.